The van der Waals surface area contributed by atoms with Gasteiger partial charge in [0.25, 0.3) is 0 Å². The largest absolute Gasteiger partial charge is 0.478 e. The normalized spacial score (nSPS) is 9.36. The van der Waals surface area contributed by atoms with E-state index in [9.17, 15) is 19.5 Å². The Morgan fingerprint density at radius 2 is 1.43 bits per heavy atom. The minimum atomic E-state index is -0.981. The second-order valence-corrected chi connectivity index (χ2v) is 5.43. The van der Waals surface area contributed by atoms with Gasteiger partial charge in [-0.3, -0.25) is 0 Å². The minimum Gasteiger partial charge on any atom is -0.478 e. The van der Waals surface area contributed by atoms with E-state index in [1.54, 1.807) is 0 Å². The first-order valence-corrected chi connectivity index (χ1v) is 8.64. The zero-order chi connectivity index (χ0) is 22.0. The monoisotopic (exact) mass is 388 g/mol. The third-order valence-electron chi connectivity index (χ3n) is 3.54. The summed E-state index contributed by atoms with van der Waals surface area (Å²) in [6, 6.07) is 10.0. The smallest absolute Gasteiger partial charge is 0.347 e. The van der Waals surface area contributed by atoms with Crippen LogP contribution in [0.1, 0.15) is 25.3 Å². The van der Waals surface area contributed by atoms with Crippen molar-refractivity contribution in [3.8, 4) is 0 Å². The lowest BCUT2D eigenvalue weighted by molar-refractivity contribution is -0.796. The van der Waals surface area contributed by atoms with Gasteiger partial charge in [-0.1, -0.05) is 76.1 Å². The van der Waals surface area contributed by atoms with Gasteiger partial charge in [0.05, 0.1) is 6.54 Å². The lowest BCUT2D eigenvalue weighted by atomic mass is 10.2. The molecule has 6 heteroatoms. The molecule has 0 fully saturated rings. The van der Waals surface area contributed by atoms with E-state index in [-0.39, 0.29) is 6.54 Å². The van der Waals surface area contributed by atoms with E-state index in [1.165, 1.54) is 5.56 Å². The standard InChI is InChI=1S/C11H18NO3.C8H8.C3H4O2/c1-4-7-8-12(9-13,10(14)5-2)11(15)6-3;1-2-8-6-4-3-5-7-8;1-2-3(4)5/h5-6,13H,2-4,7-9H2,1H3;2-7H,1H2;2H,1H2,(H,4,5)/q+1;;. The Morgan fingerprint density at radius 3 is 1.68 bits per heavy atom. The van der Waals surface area contributed by atoms with Crippen LogP contribution in [0.5, 0.6) is 0 Å². The van der Waals surface area contributed by atoms with Gasteiger partial charge in [0.15, 0.2) is 6.73 Å². The first-order valence-electron chi connectivity index (χ1n) is 8.64. The van der Waals surface area contributed by atoms with Crippen LogP contribution in [-0.2, 0) is 14.4 Å². The number of rotatable bonds is 8. The number of hydrogen-bond acceptors (Lipinski definition) is 4. The summed E-state index contributed by atoms with van der Waals surface area (Å²) in [6.07, 6.45) is 6.31. The number of aliphatic carboxylic acids is 1. The predicted molar refractivity (Wildman–Crippen MR) is 112 cm³/mol. The highest BCUT2D eigenvalue weighted by Gasteiger charge is 2.40. The fourth-order valence-corrected chi connectivity index (χ4v) is 1.91. The van der Waals surface area contributed by atoms with Crippen molar-refractivity contribution >= 4 is 23.9 Å². The van der Waals surface area contributed by atoms with Crippen molar-refractivity contribution in [3.05, 3.63) is 80.4 Å². The van der Waals surface area contributed by atoms with E-state index in [2.05, 4.69) is 26.3 Å². The highest BCUT2D eigenvalue weighted by Crippen LogP contribution is 2.12. The average Bonchev–Trinajstić information content (AvgIpc) is 2.75. The van der Waals surface area contributed by atoms with Crippen LogP contribution in [0.25, 0.3) is 6.08 Å². The van der Waals surface area contributed by atoms with Crippen LogP contribution in [0.4, 0.5) is 0 Å². The number of benzene rings is 1. The van der Waals surface area contributed by atoms with E-state index in [0.29, 0.717) is 6.42 Å². The molecule has 6 nitrogen and oxygen atoms in total. The van der Waals surface area contributed by atoms with E-state index in [0.717, 1.165) is 24.6 Å². The molecule has 0 heterocycles. The summed E-state index contributed by atoms with van der Waals surface area (Å²) in [5.74, 6) is -1.96. The van der Waals surface area contributed by atoms with Crippen molar-refractivity contribution in [2.75, 3.05) is 13.3 Å². The van der Waals surface area contributed by atoms with Gasteiger partial charge in [-0.25, -0.2) is 14.4 Å². The second-order valence-electron chi connectivity index (χ2n) is 5.43. The lowest BCUT2D eigenvalue weighted by Crippen LogP contribution is -2.56. The predicted octanol–water partition coefficient (Wildman–Crippen LogP) is 3.56. The molecule has 0 radical (unpaired) electrons. The third-order valence-corrected chi connectivity index (χ3v) is 3.54. The zero-order valence-electron chi connectivity index (χ0n) is 16.4. The summed E-state index contributed by atoms with van der Waals surface area (Å²) in [5, 5.41) is 16.8. The van der Waals surface area contributed by atoms with Crippen LogP contribution in [0.15, 0.2) is 74.9 Å². The molecule has 1 aromatic rings. The highest BCUT2D eigenvalue weighted by molar-refractivity contribution is 5.95. The Balaban J connectivity index is 0. The summed E-state index contributed by atoms with van der Waals surface area (Å²) >= 11 is 0. The van der Waals surface area contributed by atoms with E-state index < -0.39 is 29.0 Å². The summed E-state index contributed by atoms with van der Waals surface area (Å²) in [5.41, 5.74) is 1.17. The van der Waals surface area contributed by atoms with Crippen LogP contribution < -0.4 is 0 Å². The van der Waals surface area contributed by atoms with Crippen molar-refractivity contribution < 1.29 is 29.1 Å². The Hall–Kier alpha value is -3.09. The Bertz CT molecular complexity index is 645. The van der Waals surface area contributed by atoms with E-state index >= 15 is 0 Å². The molecule has 0 spiro atoms. The lowest BCUT2D eigenvalue weighted by Gasteiger charge is -2.28. The first kappa shape index (κ1) is 27.1. The summed E-state index contributed by atoms with van der Waals surface area (Å²) in [6.45, 7) is 14.9. The number of carbonyl (C=O) groups excluding carboxylic acids is 2. The number of amides is 2. The zero-order valence-corrected chi connectivity index (χ0v) is 16.4. The van der Waals surface area contributed by atoms with Crippen LogP contribution in [0, 0.1) is 0 Å². The molecule has 0 unspecified atom stereocenters. The molecular weight excluding hydrogens is 358 g/mol. The topological polar surface area (TPSA) is 91.7 Å². The van der Waals surface area contributed by atoms with Gasteiger partial charge in [-0.2, -0.15) is 4.48 Å². The van der Waals surface area contributed by atoms with Crippen molar-refractivity contribution in [2.24, 2.45) is 0 Å². The summed E-state index contributed by atoms with van der Waals surface area (Å²) in [4.78, 5) is 32.4. The molecule has 1 aromatic carbocycles. The molecule has 2 N–H and O–H groups in total. The van der Waals surface area contributed by atoms with Gasteiger partial charge in [0.2, 0.25) is 0 Å². The number of unbranched alkanes of at least 4 members (excludes halogenated alkanes) is 1. The number of carboxylic acids is 1. The molecule has 152 valence electrons. The molecule has 0 atom stereocenters. The Morgan fingerprint density at radius 1 is 0.964 bits per heavy atom. The molecule has 2 amide bonds. The quantitative estimate of drug-likeness (QED) is 0.404. The summed E-state index contributed by atoms with van der Waals surface area (Å²) in [7, 11) is 0. The van der Waals surface area contributed by atoms with E-state index in [4.69, 9.17) is 5.11 Å². The van der Waals surface area contributed by atoms with Gasteiger partial charge >= 0.3 is 17.8 Å². The average molecular weight is 388 g/mol. The maximum atomic E-state index is 11.6. The molecule has 0 bridgehead atoms. The van der Waals surface area contributed by atoms with Crippen molar-refractivity contribution in [1.29, 1.82) is 0 Å². The van der Waals surface area contributed by atoms with Gasteiger partial charge in [-0.05, 0) is 12.0 Å². The highest BCUT2D eigenvalue weighted by atomic mass is 16.4. The molecule has 0 saturated heterocycles. The van der Waals surface area contributed by atoms with Crippen LogP contribution in [0.2, 0.25) is 0 Å². The maximum absolute atomic E-state index is 11.6. The number of carboxylic acid groups (broad SMARTS) is 1. The number of aliphatic hydroxyl groups excluding tert-OH is 1. The number of hydrogen-bond donors (Lipinski definition) is 2. The summed E-state index contributed by atoms with van der Waals surface area (Å²) < 4.78 is -0.624. The van der Waals surface area contributed by atoms with Crippen molar-refractivity contribution in [2.45, 2.75) is 19.8 Å². The molecule has 0 aliphatic rings. The maximum Gasteiger partial charge on any atom is 0.347 e. The molecule has 0 saturated carbocycles. The van der Waals surface area contributed by atoms with E-state index in [1.807, 2.05) is 43.3 Å². The Kier molecular flexibility index (Phi) is 15.6. The van der Waals surface area contributed by atoms with Crippen LogP contribution in [-0.4, -0.2) is 45.8 Å². The first-order chi connectivity index (χ1) is 13.3. The molecule has 28 heavy (non-hydrogen) atoms. The van der Waals surface area contributed by atoms with Crippen LogP contribution >= 0.6 is 0 Å². The third kappa shape index (κ3) is 10.2. The van der Waals surface area contributed by atoms with Gasteiger partial charge < -0.3 is 10.2 Å². The number of aliphatic hydroxyl groups is 1. The number of imide groups is 1. The van der Waals surface area contributed by atoms with Gasteiger partial charge in [0, 0.05) is 18.2 Å². The fraction of sp³-hybridized carbons (Fsp3) is 0.227. The number of carbonyl (C=O) groups is 3. The molecule has 0 aliphatic heterocycles. The molecular formula is C22H30NO5+. The molecule has 1 rings (SSSR count). The number of quaternary nitrogens is 1. The SMILES string of the molecule is C=CC(=O)O.C=CC(=O)[N+](CO)(CCCC)C(=O)C=C.C=Cc1ccccc1. The molecule has 0 aromatic heterocycles. The van der Waals surface area contributed by atoms with Gasteiger partial charge in [-0.15, -0.1) is 0 Å². The number of nitrogens with zero attached hydrogens (tertiary/aromatic N) is 1. The van der Waals surface area contributed by atoms with Crippen molar-refractivity contribution in [3.63, 3.8) is 0 Å². The fourth-order valence-electron chi connectivity index (χ4n) is 1.91. The van der Waals surface area contributed by atoms with Crippen LogP contribution in [0.3, 0.4) is 0 Å². The Labute approximate surface area is 167 Å². The molecule has 0 aliphatic carbocycles. The minimum absolute atomic E-state index is 0.280. The second kappa shape index (κ2) is 16.1. The van der Waals surface area contributed by atoms with Crippen molar-refractivity contribution in [1.82, 2.24) is 0 Å². The van der Waals surface area contributed by atoms with Gasteiger partial charge in [0.1, 0.15) is 0 Å².